The van der Waals surface area contributed by atoms with Crippen molar-refractivity contribution in [1.29, 1.82) is 0 Å². The molecule has 1 aliphatic heterocycles. The Hall–Kier alpha value is -2.76. The lowest BCUT2D eigenvalue weighted by Crippen LogP contribution is -2.52. The van der Waals surface area contributed by atoms with Gasteiger partial charge in [-0.2, -0.15) is 0 Å². The average Bonchev–Trinajstić information content (AvgIpc) is 3.90. The number of carbonyl (C=O) groups excluding carboxylic acids is 4. The Labute approximate surface area is 330 Å². The first-order chi connectivity index (χ1) is 26.0. The van der Waals surface area contributed by atoms with Crippen molar-refractivity contribution in [2.75, 3.05) is 52.8 Å². The van der Waals surface area contributed by atoms with Gasteiger partial charge in [0.15, 0.2) is 18.4 Å². The number of ether oxygens (including phenoxy) is 7. The van der Waals surface area contributed by atoms with Gasteiger partial charge in [0, 0.05) is 58.9 Å². The minimum absolute atomic E-state index is 0.111. The van der Waals surface area contributed by atoms with Gasteiger partial charge in [0.05, 0.1) is 44.6 Å². The summed E-state index contributed by atoms with van der Waals surface area (Å²) in [6.45, 7) is 18.3. The van der Waals surface area contributed by atoms with E-state index < -0.39 is 76.4 Å². The van der Waals surface area contributed by atoms with Crippen molar-refractivity contribution < 1.29 is 67.7 Å². The fourth-order valence-corrected chi connectivity index (χ4v) is 7.69. The average molecular weight is 796 g/mol. The number of amides is 1. The van der Waals surface area contributed by atoms with Crippen molar-refractivity contribution in [2.24, 2.45) is 28.1 Å². The zero-order chi connectivity index (χ0) is 41.9. The van der Waals surface area contributed by atoms with E-state index in [0.29, 0.717) is 30.6 Å². The maximum Gasteiger partial charge on any atom is 0.326 e. The number of fused-ring (bicyclic) bond motifs is 1. The van der Waals surface area contributed by atoms with Crippen LogP contribution in [0.5, 0.6) is 0 Å². The monoisotopic (exact) mass is 795 g/mol. The first kappa shape index (κ1) is 45.9. The second-order valence-corrected chi connectivity index (χ2v) is 17.8. The molecule has 318 valence electrons. The largest absolute Gasteiger partial charge is 0.460 e. The molecule has 1 saturated heterocycles. The first-order valence-electron chi connectivity index (χ1n) is 19.7. The number of rotatable bonds is 20. The highest BCUT2D eigenvalue weighted by molar-refractivity contribution is 6.09. The maximum atomic E-state index is 13.3. The summed E-state index contributed by atoms with van der Waals surface area (Å²) >= 11 is 0. The van der Waals surface area contributed by atoms with Crippen molar-refractivity contribution in [3.05, 3.63) is 22.8 Å². The molecule has 1 saturated carbocycles. The van der Waals surface area contributed by atoms with Crippen LogP contribution in [0.4, 0.5) is 0 Å². The molecule has 4 rings (SSSR count). The van der Waals surface area contributed by atoms with Crippen LogP contribution in [0.15, 0.2) is 22.8 Å². The molecule has 56 heavy (non-hydrogen) atoms. The van der Waals surface area contributed by atoms with E-state index >= 15 is 0 Å². The second kappa shape index (κ2) is 18.0. The molecule has 0 bridgehead atoms. The molecule has 0 aromatic heterocycles. The van der Waals surface area contributed by atoms with Crippen molar-refractivity contribution in [2.45, 2.75) is 131 Å². The lowest BCUT2D eigenvalue weighted by molar-refractivity contribution is -0.271. The topological polar surface area (TPSA) is 206 Å². The van der Waals surface area contributed by atoms with Gasteiger partial charge in [-0.25, -0.2) is 0 Å². The van der Waals surface area contributed by atoms with Crippen LogP contribution in [-0.4, -0.2) is 128 Å². The van der Waals surface area contributed by atoms with E-state index in [0.717, 1.165) is 5.57 Å². The first-order valence-corrected chi connectivity index (χ1v) is 19.7. The van der Waals surface area contributed by atoms with Gasteiger partial charge in [-0.05, 0) is 47.5 Å². The lowest BCUT2D eigenvalue weighted by Gasteiger charge is -2.47. The predicted octanol–water partition coefficient (Wildman–Crippen LogP) is 2.91. The van der Waals surface area contributed by atoms with Gasteiger partial charge in [0.2, 0.25) is 5.91 Å². The van der Waals surface area contributed by atoms with E-state index in [4.69, 9.17) is 33.2 Å². The van der Waals surface area contributed by atoms with Crippen LogP contribution in [-0.2, 0) is 52.3 Å². The SMILES string of the molecule is CC1=C2C(=CC(C)(C)[C@H]2OC(=O)CNC(=O)CCC(=O)OCC(OCC(C)CO)OC(C)(C)C(C)(C)C(CO)COC2COCC(C)O2)C(=O)[C@@](C)(O)C12CC2. The van der Waals surface area contributed by atoms with Crippen LogP contribution < -0.4 is 5.32 Å². The number of ketones is 1. The van der Waals surface area contributed by atoms with Gasteiger partial charge in [0.1, 0.15) is 24.9 Å². The standard InChI is InChI=1S/C41H65NO14/c1-24(17-43)19-52-33(56-39(8,9)38(6,7)27(18-44)21-53-32-22-50-20-25(2)54-32)23-51-30(46)12-11-29(45)42-16-31(47)55-36-34-26(3)41(13-14-41)40(10,49)35(48)28(34)15-37(36,4)5/h15,24-25,27,32-33,36,43-44,49H,11-14,16-23H2,1-10H3,(H,42,45)/t24?,25?,27?,32?,33?,36-,40+/m0/s1. The molecule has 3 aliphatic carbocycles. The summed E-state index contributed by atoms with van der Waals surface area (Å²) in [5, 5.41) is 33.6. The van der Waals surface area contributed by atoms with Crippen molar-refractivity contribution >= 4 is 23.6 Å². The van der Waals surface area contributed by atoms with Crippen molar-refractivity contribution in [3.63, 3.8) is 0 Å². The highest BCUT2D eigenvalue weighted by Gasteiger charge is 2.66. The van der Waals surface area contributed by atoms with Crippen molar-refractivity contribution in [1.82, 2.24) is 5.32 Å². The zero-order valence-corrected chi connectivity index (χ0v) is 34.9. The number of aliphatic hydroxyl groups excluding tert-OH is 2. The lowest BCUT2D eigenvalue weighted by atomic mass is 9.67. The summed E-state index contributed by atoms with van der Waals surface area (Å²) in [6, 6.07) is 0. The number of hydrogen-bond donors (Lipinski definition) is 4. The van der Waals surface area contributed by atoms with Crippen LogP contribution in [0.1, 0.15) is 94.9 Å². The molecular weight excluding hydrogens is 730 g/mol. The normalized spacial score (nSPS) is 27.3. The number of carbonyl (C=O) groups is 4. The highest BCUT2D eigenvalue weighted by Crippen LogP contribution is 2.65. The summed E-state index contributed by atoms with van der Waals surface area (Å²) < 4.78 is 40.9. The van der Waals surface area contributed by atoms with E-state index in [1.165, 1.54) is 0 Å². The number of nitrogens with one attached hydrogen (secondary N) is 1. The third-order valence-electron chi connectivity index (χ3n) is 12.4. The molecule has 7 atom stereocenters. The maximum absolute atomic E-state index is 13.3. The van der Waals surface area contributed by atoms with Gasteiger partial charge in [0.25, 0.3) is 0 Å². The molecule has 1 spiro atoms. The summed E-state index contributed by atoms with van der Waals surface area (Å²) in [5.74, 6) is -2.95. The van der Waals surface area contributed by atoms with Crippen LogP contribution in [0.3, 0.4) is 0 Å². The zero-order valence-electron chi connectivity index (χ0n) is 34.9. The Morgan fingerprint density at radius 3 is 2.29 bits per heavy atom. The second-order valence-electron chi connectivity index (χ2n) is 17.8. The molecule has 1 heterocycles. The van der Waals surface area contributed by atoms with Crippen molar-refractivity contribution in [3.8, 4) is 0 Å². The molecule has 1 amide bonds. The molecule has 2 fully saturated rings. The Balaban J connectivity index is 1.27. The molecule has 4 N–H and O–H groups in total. The van der Waals surface area contributed by atoms with E-state index in [9.17, 15) is 34.5 Å². The summed E-state index contributed by atoms with van der Waals surface area (Å²) in [7, 11) is 0. The van der Waals surface area contributed by atoms with Crippen LogP contribution >= 0.6 is 0 Å². The van der Waals surface area contributed by atoms with Gasteiger partial charge >= 0.3 is 11.9 Å². The van der Waals surface area contributed by atoms with E-state index in [2.05, 4.69) is 5.32 Å². The Morgan fingerprint density at radius 2 is 1.68 bits per heavy atom. The Bertz CT molecular complexity index is 1510. The Morgan fingerprint density at radius 1 is 1.00 bits per heavy atom. The predicted molar refractivity (Wildman–Crippen MR) is 202 cm³/mol. The molecule has 0 radical (unpaired) electrons. The highest BCUT2D eigenvalue weighted by atomic mass is 16.7. The molecule has 0 aromatic rings. The molecule has 5 unspecified atom stereocenters. The van der Waals surface area contributed by atoms with Crippen LogP contribution in [0.25, 0.3) is 0 Å². The number of esters is 2. The Kier molecular flexibility index (Phi) is 14.8. The smallest absolute Gasteiger partial charge is 0.326 e. The quantitative estimate of drug-likeness (QED) is 0.103. The fraction of sp³-hybridized carbons (Fsp3) is 0.805. The molecule has 4 aliphatic rings. The fourth-order valence-electron chi connectivity index (χ4n) is 7.69. The summed E-state index contributed by atoms with van der Waals surface area (Å²) in [4.78, 5) is 51.8. The third-order valence-corrected chi connectivity index (χ3v) is 12.4. The van der Waals surface area contributed by atoms with Gasteiger partial charge in [-0.15, -0.1) is 0 Å². The van der Waals surface area contributed by atoms with E-state index in [1.807, 2.05) is 55.4 Å². The minimum atomic E-state index is -1.52. The van der Waals surface area contributed by atoms with Crippen LogP contribution in [0.2, 0.25) is 0 Å². The third kappa shape index (κ3) is 10.1. The summed E-state index contributed by atoms with van der Waals surface area (Å²) in [6.07, 6.45) is 0.0610. The molecule has 15 heteroatoms. The van der Waals surface area contributed by atoms with Gasteiger partial charge in [-0.3, -0.25) is 19.2 Å². The molecular formula is C41H65NO14. The number of hydrogen-bond acceptors (Lipinski definition) is 14. The molecule has 15 nitrogen and oxygen atoms in total. The van der Waals surface area contributed by atoms with E-state index in [-0.39, 0.29) is 70.3 Å². The van der Waals surface area contributed by atoms with E-state index in [1.54, 1.807) is 19.9 Å². The minimum Gasteiger partial charge on any atom is -0.460 e. The summed E-state index contributed by atoms with van der Waals surface area (Å²) in [5.41, 5.74) is -2.71. The van der Waals surface area contributed by atoms with Crippen LogP contribution in [0, 0.1) is 28.1 Å². The number of Topliss-reactive ketones (excluding diaryl/α,β-unsaturated/α-hetero) is 1. The number of aliphatic hydroxyl groups is 3. The molecule has 0 aromatic carbocycles. The van der Waals surface area contributed by atoms with Gasteiger partial charge in [-0.1, -0.05) is 46.3 Å². The van der Waals surface area contributed by atoms with Gasteiger partial charge < -0.3 is 53.8 Å².